The molecule has 6 heteroatoms. The highest BCUT2D eigenvalue weighted by atomic mass is 16.5. The van der Waals surface area contributed by atoms with Crippen LogP contribution in [-0.4, -0.2) is 53.0 Å². The Bertz CT molecular complexity index is 728. The van der Waals surface area contributed by atoms with Crippen LogP contribution in [0.3, 0.4) is 0 Å². The third-order valence-corrected chi connectivity index (χ3v) is 5.98. The lowest BCUT2D eigenvalue weighted by Gasteiger charge is -2.18. The largest absolute Gasteiger partial charge is 0.481 e. The Kier molecular flexibility index (Phi) is 10.9. The molecule has 1 aliphatic carbocycles. The van der Waals surface area contributed by atoms with Gasteiger partial charge in [-0.25, -0.2) is 0 Å². The fourth-order valence-corrected chi connectivity index (χ4v) is 4.28. The summed E-state index contributed by atoms with van der Waals surface area (Å²) >= 11 is 0. The van der Waals surface area contributed by atoms with E-state index in [4.69, 9.17) is 9.84 Å². The van der Waals surface area contributed by atoms with Crippen molar-refractivity contribution in [1.29, 1.82) is 0 Å². The third-order valence-electron chi connectivity index (χ3n) is 5.98. The first-order valence-electron chi connectivity index (χ1n) is 11.3. The van der Waals surface area contributed by atoms with Gasteiger partial charge in [0.1, 0.15) is 5.78 Å². The summed E-state index contributed by atoms with van der Waals surface area (Å²) in [6.45, 7) is 0.653. The molecule has 6 nitrogen and oxygen atoms in total. The summed E-state index contributed by atoms with van der Waals surface area (Å²) in [4.78, 5) is 22.9. The van der Waals surface area contributed by atoms with E-state index in [-0.39, 0.29) is 30.5 Å². The van der Waals surface area contributed by atoms with Crippen LogP contribution in [0, 0.1) is 11.8 Å². The first-order chi connectivity index (χ1) is 14.9. The lowest BCUT2D eigenvalue weighted by atomic mass is 9.88. The van der Waals surface area contributed by atoms with E-state index in [0.717, 1.165) is 36.8 Å². The number of carboxylic acid groups (broad SMARTS) is 1. The molecule has 172 valence electrons. The van der Waals surface area contributed by atoms with Crippen molar-refractivity contribution in [3.05, 3.63) is 47.5 Å². The molecule has 2 rings (SSSR count). The van der Waals surface area contributed by atoms with Crippen molar-refractivity contribution in [2.45, 2.75) is 70.0 Å². The molecule has 0 saturated heterocycles. The number of hydrogen-bond donors (Lipinski definition) is 3. The summed E-state index contributed by atoms with van der Waals surface area (Å²) in [6, 6.07) is 8.06. The van der Waals surface area contributed by atoms with Gasteiger partial charge in [0, 0.05) is 38.2 Å². The standard InChI is InChI=1S/C25H36O6/c1-31-14-13-18-7-6-8-19(15-18)16-20(26)11-12-22-21(23(27)17-24(22)28)9-4-2-3-5-10-25(29)30/h6-8,11-12,15,20-22,24,26,28H,2-5,9-10,13-14,16-17H2,1H3,(H,29,30)/b12-11+/t20?,21-,22-,24-/m1/s1. The normalized spacial score (nSPS) is 22.3. The van der Waals surface area contributed by atoms with Gasteiger partial charge in [0.15, 0.2) is 0 Å². The summed E-state index contributed by atoms with van der Waals surface area (Å²) in [5.41, 5.74) is 2.20. The van der Waals surface area contributed by atoms with Gasteiger partial charge in [0.2, 0.25) is 0 Å². The molecule has 1 aromatic carbocycles. The summed E-state index contributed by atoms with van der Waals surface area (Å²) in [7, 11) is 1.67. The van der Waals surface area contributed by atoms with Crippen molar-refractivity contribution in [3.8, 4) is 0 Å². The minimum absolute atomic E-state index is 0.0769. The zero-order chi connectivity index (χ0) is 22.6. The Morgan fingerprint density at radius 2 is 1.97 bits per heavy atom. The van der Waals surface area contributed by atoms with Crippen LogP contribution in [-0.2, 0) is 27.2 Å². The number of rotatable bonds is 14. The molecule has 4 atom stereocenters. The lowest BCUT2D eigenvalue weighted by Crippen LogP contribution is -2.19. The predicted octanol–water partition coefficient (Wildman–Crippen LogP) is 3.33. The zero-order valence-electron chi connectivity index (χ0n) is 18.4. The number of aliphatic carboxylic acids is 1. The van der Waals surface area contributed by atoms with E-state index < -0.39 is 18.2 Å². The van der Waals surface area contributed by atoms with E-state index in [1.807, 2.05) is 24.3 Å². The quantitative estimate of drug-likeness (QED) is 0.308. The number of hydrogen-bond acceptors (Lipinski definition) is 5. The maximum Gasteiger partial charge on any atom is 0.303 e. The van der Waals surface area contributed by atoms with Crippen LogP contribution in [0.2, 0.25) is 0 Å². The first-order valence-corrected chi connectivity index (χ1v) is 11.3. The monoisotopic (exact) mass is 432 g/mol. The van der Waals surface area contributed by atoms with E-state index in [1.165, 1.54) is 0 Å². The molecule has 0 amide bonds. The van der Waals surface area contributed by atoms with Crippen LogP contribution in [0.15, 0.2) is 36.4 Å². The first kappa shape index (κ1) is 25.2. The smallest absolute Gasteiger partial charge is 0.303 e. The molecule has 0 aliphatic heterocycles. The topological polar surface area (TPSA) is 104 Å². The second-order valence-electron chi connectivity index (χ2n) is 8.49. The maximum atomic E-state index is 12.3. The van der Waals surface area contributed by atoms with Crippen molar-refractivity contribution in [2.75, 3.05) is 13.7 Å². The Morgan fingerprint density at radius 1 is 1.23 bits per heavy atom. The fraction of sp³-hybridized carbons (Fsp3) is 0.600. The predicted molar refractivity (Wildman–Crippen MR) is 119 cm³/mol. The van der Waals surface area contributed by atoms with Crippen molar-refractivity contribution in [3.63, 3.8) is 0 Å². The number of aliphatic hydroxyl groups is 2. The fourth-order valence-electron chi connectivity index (χ4n) is 4.28. The van der Waals surface area contributed by atoms with Gasteiger partial charge in [-0.15, -0.1) is 0 Å². The highest BCUT2D eigenvalue weighted by Gasteiger charge is 2.39. The molecule has 1 fully saturated rings. The van der Waals surface area contributed by atoms with E-state index >= 15 is 0 Å². The van der Waals surface area contributed by atoms with Gasteiger partial charge in [-0.3, -0.25) is 9.59 Å². The Hall–Kier alpha value is -2.02. The molecule has 31 heavy (non-hydrogen) atoms. The molecule has 0 spiro atoms. The van der Waals surface area contributed by atoms with Gasteiger partial charge in [0.25, 0.3) is 0 Å². The second-order valence-corrected chi connectivity index (χ2v) is 8.49. The average Bonchev–Trinajstić information content (AvgIpc) is 2.99. The Labute approximate surface area is 184 Å². The number of ether oxygens (including phenoxy) is 1. The van der Waals surface area contributed by atoms with Crippen LogP contribution in [0.1, 0.15) is 56.1 Å². The van der Waals surface area contributed by atoms with Gasteiger partial charge >= 0.3 is 5.97 Å². The number of ketones is 1. The number of methoxy groups -OCH3 is 1. The maximum absolute atomic E-state index is 12.3. The van der Waals surface area contributed by atoms with Crippen LogP contribution in [0.4, 0.5) is 0 Å². The van der Waals surface area contributed by atoms with E-state index in [9.17, 15) is 19.8 Å². The molecule has 0 heterocycles. The molecule has 1 aromatic rings. The summed E-state index contributed by atoms with van der Waals surface area (Å²) < 4.78 is 5.11. The number of unbranched alkanes of at least 4 members (excludes halogenated alkanes) is 3. The van der Waals surface area contributed by atoms with Gasteiger partial charge in [-0.1, -0.05) is 55.7 Å². The number of carboxylic acids is 1. The van der Waals surface area contributed by atoms with Crippen molar-refractivity contribution >= 4 is 11.8 Å². The number of Topliss-reactive ketones (excluding diaryl/α,β-unsaturated/α-hetero) is 1. The summed E-state index contributed by atoms with van der Waals surface area (Å²) in [5.74, 6) is -1.20. The van der Waals surface area contributed by atoms with E-state index in [0.29, 0.717) is 25.9 Å². The third kappa shape index (κ3) is 8.93. The van der Waals surface area contributed by atoms with Crippen molar-refractivity contribution < 1.29 is 29.6 Å². The molecular weight excluding hydrogens is 396 g/mol. The highest BCUT2D eigenvalue weighted by Crippen LogP contribution is 2.34. The zero-order valence-corrected chi connectivity index (χ0v) is 18.4. The van der Waals surface area contributed by atoms with Crippen LogP contribution in [0.25, 0.3) is 0 Å². The van der Waals surface area contributed by atoms with Crippen LogP contribution >= 0.6 is 0 Å². The second kappa shape index (κ2) is 13.4. The highest BCUT2D eigenvalue weighted by molar-refractivity contribution is 5.84. The minimum Gasteiger partial charge on any atom is -0.481 e. The van der Waals surface area contributed by atoms with Gasteiger partial charge < -0.3 is 20.1 Å². The molecule has 0 bridgehead atoms. The summed E-state index contributed by atoms with van der Waals surface area (Å²) in [5, 5.41) is 29.5. The van der Waals surface area contributed by atoms with Crippen molar-refractivity contribution in [2.24, 2.45) is 11.8 Å². The van der Waals surface area contributed by atoms with Gasteiger partial charge in [0.05, 0.1) is 18.8 Å². The lowest BCUT2D eigenvalue weighted by molar-refractivity contribution is -0.137. The Morgan fingerprint density at radius 3 is 2.71 bits per heavy atom. The molecule has 3 N–H and O–H groups in total. The summed E-state index contributed by atoms with van der Waals surface area (Å²) in [6.07, 6.45) is 7.66. The number of aliphatic hydroxyl groups excluding tert-OH is 2. The molecule has 0 aromatic heterocycles. The molecule has 1 aliphatic rings. The Balaban J connectivity index is 1.85. The van der Waals surface area contributed by atoms with Crippen LogP contribution < -0.4 is 0 Å². The van der Waals surface area contributed by atoms with E-state index in [2.05, 4.69) is 6.07 Å². The molecule has 1 unspecified atom stereocenters. The average molecular weight is 433 g/mol. The number of carbonyl (C=O) groups is 2. The van der Waals surface area contributed by atoms with Crippen molar-refractivity contribution in [1.82, 2.24) is 0 Å². The molecule has 0 radical (unpaired) electrons. The molecule has 1 saturated carbocycles. The van der Waals surface area contributed by atoms with E-state index in [1.54, 1.807) is 13.2 Å². The number of carbonyl (C=O) groups excluding carboxylic acids is 1. The SMILES string of the molecule is COCCc1cccc(CC(O)/C=C/[C@H]2[C@H](O)CC(=O)[C@@H]2CCCCCCC(=O)O)c1. The minimum atomic E-state index is -0.778. The van der Waals surface area contributed by atoms with Crippen LogP contribution in [0.5, 0.6) is 0 Å². The van der Waals surface area contributed by atoms with Gasteiger partial charge in [-0.05, 0) is 30.4 Å². The van der Waals surface area contributed by atoms with Gasteiger partial charge in [-0.2, -0.15) is 0 Å². The molecular formula is C25H36O6. The number of benzene rings is 1.